The summed E-state index contributed by atoms with van der Waals surface area (Å²) < 4.78 is 28.0. The van der Waals surface area contributed by atoms with Crippen molar-refractivity contribution in [2.75, 3.05) is 44.2 Å². The van der Waals surface area contributed by atoms with Gasteiger partial charge in [0.05, 0.1) is 21.6 Å². The molecule has 178 valence electrons. The zero-order valence-electron chi connectivity index (χ0n) is 19.0. The zero-order chi connectivity index (χ0) is 23.5. The topological polar surface area (TPSA) is 101 Å². The normalized spacial score (nSPS) is 15.4. The van der Waals surface area contributed by atoms with Gasteiger partial charge in [0.15, 0.2) is 0 Å². The molecule has 1 aliphatic rings. The third kappa shape index (κ3) is 4.86. The molecule has 34 heavy (non-hydrogen) atoms. The molecule has 5 rings (SSSR count). The quantitative estimate of drug-likeness (QED) is 0.338. The highest BCUT2D eigenvalue weighted by molar-refractivity contribution is 7.89. The molecule has 0 spiro atoms. The monoisotopic (exact) mass is 479 g/mol. The van der Waals surface area contributed by atoms with Gasteiger partial charge in [-0.05, 0) is 54.4 Å². The predicted molar refractivity (Wildman–Crippen MR) is 136 cm³/mol. The van der Waals surface area contributed by atoms with Crippen LogP contribution in [0.2, 0.25) is 0 Å². The summed E-state index contributed by atoms with van der Waals surface area (Å²) in [5.74, 6) is 0. The van der Waals surface area contributed by atoms with E-state index in [-0.39, 0.29) is 5.69 Å². The van der Waals surface area contributed by atoms with Gasteiger partial charge in [-0.15, -0.1) is 0 Å². The Hall–Kier alpha value is -3.14. The van der Waals surface area contributed by atoms with E-state index in [9.17, 15) is 13.2 Å². The molecule has 9 heteroatoms. The molecule has 0 amide bonds. The van der Waals surface area contributed by atoms with E-state index in [1.165, 1.54) is 0 Å². The third-order valence-corrected chi connectivity index (χ3v) is 7.93. The number of piperazine rings is 1. The minimum atomic E-state index is -3.51. The van der Waals surface area contributed by atoms with Crippen LogP contribution in [0.3, 0.4) is 0 Å². The first-order chi connectivity index (χ1) is 16.5. The van der Waals surface area contributed by atoms with E-state index in [0.717, 1.165) is 73.1 Å². The highest BCUT2D eigenvalue weighted by atomic mass is 32.2. The Morgan fingerprint density at radius 2 is 1.65 bits per heavy atom. The molecular formula is C25H29N5O3S. The zero-order valence-corrected chi connectivity index (χ0v) is 19.8. The van der Waals surface area contributed by atoms with E-state index < -0.39 is 10.0 Å². The van der Waals surface area contributed by atoms with Crippen molar-refractivity contribution in [2.45, 2.75) is 17.7 Å². The van der Waals surface area contributed by atoms with Crippen LogP contribution >= 0.6 is 0 Å². The largest absolute Gasteiger partial charge is 0.367 e. The van der Waals surface area contributed by atoms with Crippen LogP contribution in [0.5, 0.6) is 0 Å². The molecule has 1 aliphatic heterocycles. The van der Waals surface area contributed by atoms with Crippen LogP contribution in [-0.2, 0) is 10.0 Å². The number of nitrogens with zero attached hydrogens (tertiary/aromatic N) is 2. The molecule has 4 aromatic rings. The number of rotatable bonds is 8. The molecule has 0 radical (unpaired) electrons. The second-order valence-electron chi connectivity index (χ2n) is 8.72. The molecule has 3 N–H and O–H groups in total. The summed E-state index contributed by atoms with van der Waals surface area (Å²) in [6, 6.07) is 18.9. The van der Waals surface area contributed by atoms with Crippen molar-refractivity contribution in [3.05, 3.63) is 71.1 Å². The van der Waals surface area contributed by atoms with Crippen LogP contribution in [-0.4, -0.2) is 62.6 Å². The first kappa shape index (κ1) is 22.6. The number of fused-ring (bicyclic) bond motifs is 2. The lowest BCUT2D eigenvalue weighted by Gasteiger charge is -2.36. The summed E-state index contributed by atoms with van der Waals surface area (Å²) in [6.45, 7) is 5.03. The lowest BCUT2D eigenvalue weighted by atomic mass is 10.1. The van der Waals surface area contributed by atoms with Crippen LogP contribution in [0.1, 0.15) is 12.8 Å². The highest BCUT2D eigenvalue weighted by Gasteiger charge is 2.19. The van der Waals surface area contributed by atoms with Crippen LogP contribution < -0.4 is 15.3 Å². The average molecular weight is 480 g/mol. The Morgan fingerprint density at radius 1 is 0.853 bits per heavy atom. The van der Waals surface area contributed by atoms with E-state index in [4.69, 9.17) is 0 Å². The van der Waals surface area contributed by atoms with Crippen LogP contribution in [0.4, 0.5) is 5.69 Å². The minimum absolute atomic E-state index is 0.183. The van der Waals surface area contributed by atoms with E-state index in [2.05, 4.69) is 24.5 Å². The summed E-state index contributed by atoms with van der Waals surface area (Å²) in [4.78, 5) is 22.4. The molecule has 8 nitrogen and oxygen atoms in total. The molecule has 2 heterocycles. The van der Waals surface area contributed by atoms with Crippen LogP contribution in [0.15, 0.2) is 70.4 Å². The van der Waals surface area contributed by atoms with Crippen molar-refractivity contribution in [2.24, 2.45) is 0 Å². The fraction of sp³-hybridized carbons (Fsp3) is 0.320. The van der Waals surface area contributed by atoms with Gasteiger partial charge in [0.1, 0.15) is 0 Å². The first-order valence-corrected chi connectivity index (χ1v) is 13.1. The molecule has 1 fully saturated rings. The molecule has 0 aliphatic carbocycles. The second kappa shape index (κ2) is 9.61. The summed E-state index contributed by atoms with van der Waals surface area (Å²) in [5, 5.41) is 1.95. The van der Waals surface area contributed by atoms with Crippen molar-refractivity contribution in [3.8, 4) is 0 Å². The number of aromatic amines is 2. The molecule has 0 bridgehead atoms. The molecule has 0 saturated carbocycles. The van der Waals surface area contributed by atoms with Crippen molar-refractivity contribution in [1.29, 1.82) is 0 Å². The molecule has 1 aromatic heterocycles. The molecular weight excluding hydrogens is 450 g/mol. The summed E-state index contributed by atoms with van der Waals surface area (Å²) in [7, 11) is -3.51. The van der Waals surface area contributed by atoms with Gasteiger partial charge in [0.2, 0.25) is 10.0 Å². The number of sulfonamides is 1. The number of unbranched alkanes of at least 4 members (excludes halogenated alkanes) is 1. The van der Waals surface area contributed by atoms with E-state index in [1.54, 1.807) is 12.1 Å². The summed E-state index contributed by atoms with van der Waals surface area (Å²) >= 11 is 0. The van der Waals surface area contributed by atoms with Gasteiger partial charge in [0.25, 0.3) is 0 Å². The lowest BCUT2D eigenvalue weighted by Crippen LogP contribution is -2.46. The summed E-state index contributed by atoms with van der Waals surface area (Å²) in [5.41, 5.74) is 2.56. The van der Waals surface area contributed by atoms with Crippen molar-refractivity contribution in [3.63, 3.8) is 0 Å². The van der Waals surface area contributed by atoms with Gasteiger partial charge >= 0.3 is 5.69 Å². The number of nitrogens with one attached hydrogen (secondary N) is 3. The standard InChI is InChI=1S/C25H29N5O3S/c31-25-27-22-8-5-9-23(24(22)28-25)30-16-14-29(15-17-30)13-4-3-12-26-34(32,33)21-11-10-19-6-1-2-7-20(19)18-21/h1-2,5-11,18,26H,3-4,12-17H2,(H2,27,28,31). The number of imidazole rings is 1. The predicted octanol–water partition coefficient (Wildman–Crippen LogP) is 2.89. The van der Waals surface area contributed by atoms with E-state index in [0.29, 0.717) is 11.4 Å². The van der Waals surface area contributed by atoms with Gasteiger partial charge in [-0.1, -0.05) is 36.4 Å². The minimum Gasteiger partial charge on any atom is -0.367 e. The number of benzene rings is 3. The Morgan fingerprint density at radius 3 is 2.47 bits per heavy atom. The number of hydrogen-bond donors (Lipinski definition) is 3. The van der Waals surface area contributed by atoms with E-state index >= 15 is 0 Å². The highest BCUT2D eigenvalue weighted by Crippen LogP contribution is 2.24. The maximum Gasteiger partial charge on any atom is 0.323 e. The average Bonchev–Trinajstić information content (AvgIpc) is 3.24. The lowest BCUT2D eigenvalue weighted by molar-refractivity contribution is 0.253. The van der Waals surface area contributed by atoms with Crippen LogP contribution in [0.25, 0.3) is 21.8 Å². The number of para-hydroxylation sites is 1. The summed E-state index contributed by atoms with van der Waals surface area (Å²) in [6.07, 6.45) is 1.72. The van der Waals surface area contributed by atoms with Crippen molar-refractivity contribution < 1.29 is 8.42 Å². The van der Waals surface area contributed by atoms with Gasteiger partial charge in [-0.25, -0.2) is 17.9 Å². The Kier molecular flexibility index (Phi) is 6.40. The molecule has 3 aromatic carbocycles. The van der Waals surface area contributed by atoms with Gasteiger partial charge in [-0.3, -0.25) is 4.90 Å². The molecule has 1 saturated heterocycles. The van der Waals surface area contributed by atoms with E-state index in [1.807, 2.05) is 48.5 Å². The van der Waals surface area contributed by atoms with Gasteiger partial charge < -0.3 is 14.9 Å². The molecule has 0 atom stereocenters. The number of H-pyrrole nitrogens is 2. The first-order valence-electron chi connectivity index (χ1n) is 11.7. The fourth-order valence-corrected chi connectivity index (χ4v) is 5.71. The third-order valence-electron chi connectivity index (χ3n) is 6.47. The number of anilines is 1. The van der Waals surface area contributed by atoms with Gasteiger partial charge in [-0.2, -0.15) is 0 Å². The fourth-order valence-electron chi connectivity index (χ4n) is 4.60. The molecule has 0 unspecified atom stereocenters. The Balaban J connectivity index is 1.07. The van der Waals surface area contributed by atoms with Crippen molar-refractivity contribution in [1.82, 2.24) is 19.6 Å². The van der Waals surface area contributed by atoms with Crippen molar-refractivity contribution >= 4 is 37.5 Å². The Labute approximate surface area is 198 Å². The number of hydrogen-bond acceptors (Lipinski definition) is 5. The number of aromatic nitrogens is 2. The SMILES string of the molecule is O=c1[nH]c2cccc(N3CCN(CCCCNS(=O)(=O)c4ccc5ccccc5c4)CC3)c2[nH]1. The maximum absolute atomic E-state index is 12.7. The Bertz CT molecular complexity index is 1450. The van der Waals surface area contributed by atoms with Gasteiger partial charge in [0, 0.05) is 32.7 Å². The van der Waals surface area contributed by atoms with Crippen LogP contribution in [0, 0.1) is 0 Å². The smallest absolute Gasteiger partial charge is 0.323 e. The maximum atomic E-state index is 12.7. The second-order valence-corrected chi connectivity index (χ2v) is 10.5.